The summed E-state index contributed by atoms with van der Waals surface area (Å²) in [6, 6.07) is 2.81. The molecule has 0 bridgehead atoms. The molecular formula is C22H23ClF3N7O3. The SMILES string of the molecule is CC[C@H]1CN(C)C(=O)N1c1nc(C)nc(N[C@@H](C)c2cc3cc(Cl)cc(OC(F)(F)F)c3[nH]c2=O)n1. The van der Waals surface area contributed by atoms with E-state index in [4.69, 9.17) is 11.6 Å². The predicted octanol–water partition coefficient (Wildman–Crippen LogP) is 4.40. The minimum atomic E-state index is -4.96. The Morgan fingerprint density at radius 3 is 2.64 bits per heavy atom. The number of alkyl halides is 3. The number of rotatable bonds is 6. The summed E-state index contributed by atoms with van der Waals surface area (Å²) in [4.78, 5) is 43.9. The smallest absolute Gasteiger partial charge is 0.403 e. The van der Waals surface area contributed by atoms with Crippen molar-refractivity contribution in [2.75, 3.05) is 23.8 Å². The van der Waals surface area contributed by atoms with E-state index in [0.29, 0.717) is 18.8 Å². The highest BCUT2D eigenvalue weighted by atomic mass is 35.5. The van der Waals surface area contributed by atoms with Gasteiger partial charge in [0.05, 0.1) is 17.6 Å². The molecule has 2 atom stereocenters. The molecule has 1 aromatic carbocycles. The van der Waals surface area contributed by atoms with E-state index in [1.165, 1.54) is 17.0 Å². The Balaban J connectivity index is 1.67. The number of H-pyrrole nitrogens is 1. The van der Waals surface area contributed by atoms with E-state index in [0.717, 1.165) is 6.07 Å². The predicted molar refractivity (Wildman–Crippen MR) is 127 cm³/mol. The largest absolute Gasteiger partial charge is 0.573 e. The van der Waals surface area contributed by atoms with E-state index in [9.17, 15) is 22.8 Å². The zero-order valence-corrected chi connectivity index (χ0v) is 20.5. The van der Waals surface area contributed by atoms with Crippen molar-refractivity contribution in [3.63, 3.8) is 0 Å². The van der Waals surface area contributed by atoms with Crippen LogP contribution in [0.4, 0.5) is 29.9 Å². The van der Waals surface area contributed by atoms with Crippen molar-refractivity contribution in [3.05, 3.63) is 45.0 Å². The third-order valence-corrected chi connectivity index (χ3v) is 5.97. The molecule has 1 aliphatic rings. The molecule has 1 saturated heterocycles. The summed E-state index contributed by atoms with van der Waals surface area (Å²) in [5.41, 5.74) is -0.575. The molecule has 36 heavy (non-hydrogen) atoms. The van der Waals surface area contributed by atoms with Crippen LogP contribution >= 0.6 is 11.6 Å². The number of amides is 2. The number of benzene rings is 1. The zero-order chi connectivity index (χ0) is 26.4. The van der Waals surface area contributed by atoms with Crippen LogP contribution in [-0.4, -0.2) is 56.9 Å². The van der Waals surface area contributed by atoms with Crippen LogP contribution in [0.15, 0.2) is 23.0 Å². The van der Waals surface area contributed by atoms with E-state index >= 15 is 0 Å². The van der Waals surface area contributed by atoms with Gasteiger partial charge in [0.2, 0.25) is 11.9 Å². The molecule has 10 nitrogen and oxygen atoms in total. The molecule has 1 aliphatic heterocycles. The van der Waals surface area contributed by atoms with Gasteiger partial charge < -0.3 is 19.9 Å². The summed E-state index contributed by atoms with van der Waals surface area (Å²) < 4.78 is 42.4. The summed E-state index contributed by atoms with van der Waals surface area (Å²) in [5, 5.41) is 3.26. The Morgan fingerprint density at radius 2 is 1.97 bits per heavy atom. The Labute approximate surface area is 208 Å². The number of pyridine rings is 1. The van der Waals surface area contributed by atoms with Crippen LogP contribution in [0.25, 0.3) is 10.9 Å². The number of halogens is 4. The molecule has 0 aliphatic carbocycles. The third-order valence-electron chi connectivity index (χ3n) is 5.75. The zero-order valence-electron chi connectivity index (χ0n) is 19.8. The fourth-order valence-electron chi connectivity index (χ4n) is 4.08. The number of anilines is 2. The molecule has 3 aromatic rings. The van der Waals surface area contributed by atoms with Gasteiger partial charge in [0.1, 0.15) is 5.82 Å². The first-order chi connectivity index (χ1) is 16.9. The van der Waals surface area contributed by atoms with E-state index < -0.39 is 23.7 Å². The molecule has 0 saturated carbocycles. The highest BCUT2D eigenvalue weighted by Crippen LogP contribution is 2.33. The molecule has 14 heteroatoms. The lowest BCUT2D eigenvalue weighted by Crippen LogP contribution is -2.36. The lowest BCUT2D eigenvalue weighted by Gasteiger charge is -2.21. The number of hydrogen-bond acceptors (Lipinski definition) is 7. The first-order valence-electron chi connectivity index (χ1n) is 11.0. The van der Waals surface area contributed by atoms with Gasteiger partial charge in [-0.2, -0.15) is 15.0 Å². The second-order valence-corrected chi connectivity index (χ2v) is 8.87. The Hall–Kier alpha value is -3.61. The van der Waals surface area contributed by atoms with Gasteiger partial charge in [-0.15, -0.1) is 13.2 Å². The van der Waals surface area contributed by atoms with Gasteiger partial charge in [0, 0.05) is 35.6 Å². The Morgan fingerprint density at radius 1 is 1.25 bits per heavy atom. The maximum absolute atomic E-state index is 12.8. The number of fused-ring (bicyclic) bond motifs is 1. The fourth-order valence-corrected chi connectivity index (χ4v) is 4.30. The minimum Gasteiger partial charge on any atom is -0.403 e. The number of likely N-dealkylation sites (N-methyl/N-ethyl adjacent to an activating group) is 1. The highest BCUT2D eigenvalue weighted by molar-refractivity contribution is 6.31. The van der Waals surface area contributed by atoms with E-state index in [1.54, 1.807) is 25.8 Å². The molecule has 0 radical (unpaired) electrons. The van der Waals surface area contributed by atoms with Gasteiger partial charge in [-0.25, -0.2) is 4.79 Å². The van der Waals surface area contributed by atoms with E-state index in [2.05, 4.69) is 30.0 Å². The maximum Gasteiger partial charge on any atom is 0.573 e. The highest BCUT2D eigenvalue weighted by Gasteiger charge is 2.37. The number of ether oxygens (including phenoxy) is 1. The molecule has 2 aromatic heterocycles. The summed E-state index contributed by atoms with van der Waals surface area (Å²) in [7, 11) is 1.70. The Kier molecular flexibility index (Phi) is 6.69. The average Bonchev–Trinajstić information content (AvgIpc) is 3.06. The quantitative estimate of drug-likeness (QED) is 0.490. The molecule has 3 heterocycles. The van der Waals surface area contributed by atoms with Gasteiger partial charge in [-0.1, -0.05) is 18.5 Å². The molecule has 0 spiro atoms. The number of carbonyl (C=O) groups is 1. The molecule has 2 N–H and O–H groups in total. The van der Waals surface area contributed by atoms with Crippen LogP contribution in [-0.2, 0) is 0 Å². The van der Waals surface area contributed by atoms with Crippen LogP contribution in [0.2, 0.25) is 5.02 Å². The summed E-state index contributed by atoms with van der Waals surface area (Å²) >= 11 is 5.98. The summed E-state index contributed by atoms with van der Waals surface area (Å²) in [6.45, 7) is 5.81. The first-order valence-corrected chi connectivity index (χ1v) is 11.4. The maximum atomic E-state index is 12.8. The van der Waals surface area contributed by atoms with E-state index in [1.807, 2.05) is 6.92 Å². The van der Waals surface area contributed by atoms with Crippen molar-refractivity contribution in [3.8, 4) is 5.75 Å². The molecular weight excluding hydrogens is 503 g/mol. The van der Waals surface area contributed by atoms with Gasteiger partial charge in [0.25, 0.3) is 5.56 Å². The van der Waals surface area contributed by atoms with Gasteiger partial charge in [-0.3, -0.25) is 9.69 Å². The number of nitrogens with one attached hydrogen (secondary N) is 2. The number of urea groups is 1. The molecule has 0 unspecified atom stereocenters. The monoisotopic (exact) mass is 525 g/mol. The average molecular weight is 526 g/mol. The van der Waals surface area contributed by atoms with Crippen LogP contribution < -0.4 is 20.5 Å². The fraction of sp³-hybridized carbons (Fsp3) is 0.409. The van der Waals surface area contributed by atoms with Crippen molar-refractivity contribution in [2.24, 2.45) is 0 Å². The normalized spacial score (nSPS) is 17.1. The van der Waals surface area contributed by atoms with Crippen molar-refractivity contribution < 1.29 is 22.7 Å². The topological polar surface area (TPSA) is 116 Å². The number of aromatic nitrogens is 4. The van der Waals surface area contributed by atoms with Gasteiger partial charge >= 0.3 is 12.4 Å². The van der Waals surface area contributed by atoms with Crippen LogP contribution in [0.5, 0.6) is 5.75 Å². The molecule has 4 rings (SSSR count). The lowest BCUT2D eigenvalue weighted by molar-refractivity contribution is -0.274. The van der Waals surface area contributed by atoms with Crippen molar-refractivity contribution in [2.45, 2.75) is 45.6 Å². The number of nitrogens with zero attached hydrogens (tertiary/aromatic N) is 5. The molecule has 192 valence electrons. The Bertz CT molecular complexity index is 1380. The second kappa shape index (κ2) is 9.45. The lowest BCUT2D eigenvalue weighted by atomic mass is 10.1. The van der Waals surface area contributed by atoms with E-state index in [-0.39, 0.29) is 45.5 Å². The molecule has 1 fully saturated rings. The number of aryl methyl sites for hydroxylation is 1. The van der Waals surface area contributed by atoms with Crippen molar-refractivity contribution in [1.82, 2.24) is 24.8 Å². The molecule has 2 amide bonds. The van der Waals surface area contributed by atoms with Crippen molar-refractivity contribution >= 4 is 40.4 Å². The number of carbonyl (C=O) groups excluding carboxylic acids is 1. The van der Waals surface area contributed by atoms with Crippen LogP contribution in [0, 0.1) is 6.92 Å². The number of aromatic amines is 1. The van der Waals surface area contributed by atoms with Crippen LogP contribution in [0.3, 0.4) is 0 Å². The number of hydrogen-bond donors (Lipinski definition) is 2. The summed E-state index contributed by atoms with van der Waals surface area (Å²) in [5.74, 6) is 0.0678. The first kappa shape index (κ1) is 25.5. The standard InChI is InChI=1S/C22H23ClF3N7O3/c1-5-14-9-32(4)21(35)33(14)20-29-11(3)28-19(31-20)27-10(2)15-7-12-6-13(23)8-16(36-22(24,25)26)17(12)30-18(15)34/h6-8,10,14H,5,9H2,1-4H3,(H,30,34)(H,27,28,29,31)/t10-,14-/m0/s1. The third kappa shape index (κ3) is 5.15. The van der Waals surface area contributed by atoms with Gasteiger partial charge in [-0.05, 0) is 32.4 Å². The van der Waals surface area contributed by atoms with Crippen LogP contribution in [0.1, 0.15) is 37.7 Å². The van der Waals surface area contributed by atoms with Gasteiger partial charge in [0.15, 0.2) is 5.75 Å². The second-order valence-electron chi connectivity index (χ2n) is 8.44. The summed E-state index contributed by atoms with van der Waals surface area (Å²) in [6.07, 6.45) is -4.26. The minimum absolute atomic E-state index is 0.00354. The van der Waals surface area contributed by atoms with Crippen molar-refractivity contribution in [1.29, 1.82) is 0 Å².